The third-order valence-corrected chi connectivity index (χ3v) is 6.41. The van der Waals surface area contributed by atoms with Crippen LogP contribution in [0.15, 0.2) is 24.3 Å². The number of carbonyl (C=O) groups is 3. The van der Waals surface area contributed by atoms with Crippen molar-refractivity contribution in [3.63, 3.8) is 0 Å². The minimum absolute atomic E-state index is 0.00442. The van der Waals surface area contributed by atoms with E-state index in [1.807, 2.05) is 7.05 Å². The van der Waals surface area contributed by atoms with Gasteiger partial charge in [-0.1, -0.05) is 0 Å². The lowest BCUT2D eigenvalue weighted by Crippen LogP contribution is -2.51. The number of amides is 4. The summed E-state index contributed by atoms with van der Waals surface area (Å²) in [5.74, 6) is -2.89. The number of piperidine rings is 2. The SMILES string of the molecule is CN1CCC(C(=O)NCC2CCCCN2C(=O)Nc2ccc(C(=N)NC(=O)C(F)(F)F)cc2)CC1. The van der Waals surface area contributed by atoms with E-state index < -0.39 is 17.9 Å². The fourth-order valence-electron chi connectivity index (χ4n) is 4.29. The highest BCUT2D eigenvalue weighted by atomic mass is 19.4. The Bertz CT molecular complexity index is 929. The van der Waals surface area contributed by atoms with E-state index in [0.29, 0.717) is 18.8 Å². The Morgan fingerprint density at radius 2 is 1.69 bits per heavy atom. The topological polar surface area (TPSA) is 118 Å². The molecule has 2 fully saturated rings. The zero-order valence-electron chi connectivity index (χ0n) is 19.6. The number of likely N-dealkylation sites (tertiary alicyclic amines) is 2. The van der Waals surface area contributed by atoms with E-state index in [2.05, 4.69) is 15.5 Å². The maximum Gasteiger partial charge on any atom is 0.471 e. The quantitative estimate of drug-likeness (QED) is 0.370. The molecule has 1 unspecified atom stereocenters. The molecule has 1 atom stereocenters. The standard InChI is InChI=1S/C23H31F3N6O3/c1-31-12-9-16(10-13-31)20(33)28-14-18-4-2-3-11-32(18)22(35)29-17-7-5-15(6-8-17)19(27)30-21(34)23(24,25)26/h5-8,16,18H,2-4,9-14H2,1H3,(H,28,33)(H,29,35)(H2,27,30,34). The number of hydrogen-bond acceptors (Lipinski definition) is 5. The maximum absolute atomic E-state index is 12.9. The highest BCUT2D eigenvalue weighted by molar-refractivity contribution is 6.07. The molecule has 0 spiro atoms. The molecule has 1 aromatic carbocycles. The molecule has 4 amide bonds. The van der Waals surface area contributed by atoms with Gasteiger partial charge in [0.2, 0.25) is 5.91 Å². The van der Waals surface area contributed by atoms with Crippen LogP contribution < -0.4 is 16.0 Å². The van der Waals surface area contributed by atoms with Gasteiger partial charge in [-0.15, -0.1) is 0 Å². The number of hydrogen-bond donors (Lipinski definition) is 4. The highest BCUT2D eigenvalue weighted by Gasteiger charge is 2.39. The van der Waals surface area contributed by atoms with Gasteiger partial charge in [0.25, 0.3) is 0 Å². The molecular weight excluding hydrogens is 465 g/mol. The Kier molecular flexibility index (Phi) is 8.71. The number of alkyl halides is 3. The number of nitrogens with one attached hydrogen (secondary N) is 4. The van der Waals surface area contributed by atoms with E-state index in [4.69, 9.17) is 5.41 Å². The summed E-state index contributed by atoms with van der Waals surface area (Å²) in [7, 11) is 2.04. The average Bonchev–Trinajstić information content (AvgIpc) is 2.83. The molecule has 4 N–H and O–H groups in total. The summed E-state index contributed by atoms with van der Waals surface area (Å²) in [6, 6.07) is 5.10. The Hall–Kier alpha value is -3.15. The molecule has 2 saturated heterocycles. The number of amidine groups is 1. The zero-order chi connectivity index (χ0) is 25.6. The summed E-state index contributed by atoms with van der Waals surface area (Å²) in [6.45, 7) is 2.71. The summed E-state index contributed by atoms with van der Waals surface area (Å²) >= 11 is 0. The van der Waals surface area contributed by atoms with Crippen LogP contribution in [0.1, 0.15) is 37.7 Å². The van der Waals surface area contributed by atoms with Gasteiger partial charge in [0, 0.05) is 30.3 Å². The van der Waals surface area contributed by atoms with Gasteiger partial charge in [0.05, 0.1) is 6.04 Å². The number of nitrogens with zero attached hydrogens (tertiary/aromatic N) is 2. The van der Waals surface area contributed by atoms with Gasteiger partial charge < -0.3 is 25.8 Å². The van der Waals surface area contributed by atoms with Crippen LogP contribution in [0, 0.1) is 11.3 Å². The van der Waals surface area contributed by atoms with Crippen molar-refractivity contribution in [3.05, 3.63) is 29.8 Å². The first kappa shape index (κ1) is 26.5. The maximum atomic E-state index is 12.9. The van der Waals surface area contributed by atoms with Crippen molar-refractivity contribution in [1.82, 2.24) is 20.4 Å². The van der Waals surface area contributed by atoms with Gasteiger partial charge in [-0.3, -0.25) is 15.0 Å². The first-order chi connectivity index (χ1) is 16.5. The number of benzene rings is 1. The van der Waals surface area contributed by atoms with E-state index in [9.17, 15) is 27.6 Å². The van der Waals surface area contributed by atoms with Gasteiger partial charge in [0.1, 0.15) is 5.84 Å². The fraction of sp³-hybridized carbons (Fsp3) is 0.565. The van der Waals surface area contributed by atoms with Crippen molar-refractivity contribution in [1.29, 1.82) is 5.41 Å². The first-order valence-corrected chi connectivity index (χ1v) is 11.7. The minimum Gasteiger partial charge on any atom is -0.354 e. The van der Waals surface area contributed by atoms with E-state index in [-0.39, 0.29) is 29.5 Å². The summed E-state index contributed by atoms with van der Waals surface area (Å²) in [4.78, 5) is 40.4. The van der Waals surface area contributed by atoms with Crippen LogP contribution in [0.4, 0.5) is 23.7 Å². The molecule has 9 nitrogen and oxygen atoms in total. The molecule has 192 valence electrons. The van der Waals surface area contributed by atoms with E-state index in [1.165, 1.54) is 29.6 Å². The highest BCUT2D eigenvalue weighted by Crippen LogP contribution is 2.20. The van der Waals surface area contributed by atoms with Crippen molar-refractivity contribution < 1.29 is 27.6 Å². The zero-order valence-corrected chi connectivity index (χ0v) is 19.6. The van der Waals surface area contributed by atoms with Crippen LogP contribution in [0.5, 0.6) is 0 Å². The van der Waals surface area contributed by atoms with Gasteiger partial charge in [-0.05, 0) is 76.5 Å². The molecule has 3 rings (SSSR count). The number of rotatable bonds is 5. The van der Waals surface area contributed by atoms with Crippen LogP contribution in [0.3, 0.4) is 0 Å². The van der Waals surface area contributed by atoms with Crippen molar-refractivity contribution in [2.45, 2.75) is 44.3 Å². The molecular formula is C23H31F3N6O3. The second-order valence-electron chi connectivity index (χ2n) is 9.00. The van der Waals surface area contributed by atoms with Crippen molar-refractivity contribution in [3.8, 4) is 0 Å². The van der Waals surface area contributed by atoms with Gasteiger partial charge in [0.15, 0.2) is 0 Å². The van der Waals surface area contributed by atoms with Crippen LogP contribution >= 0.6 is 0 Å². The molecule has 0 aliphatic carbocycles. The monoisotopic (exact) mass is 496 g/mol. The molecule has 12 heteroatoms. The van der Waals surface area contributed by atoms with Crippen molar-refractivity contribution >= 4 is 29.4 Å². The van der Waals surface area contributed by atoms with E-state index in [0.717, 1.165) is 45.2 Å². The Morgan fingerprint density at radius 1 is 1.03 bits per heavy atom. The number of urea groups is 1. The average molecular weight is 497 g/mol. The Morgan fingerprint density at radius 3 is 2.31 bits per heavy atom. The second-order valence-corrected chi connectivity index (χ2v) is 9.00. The minimum atomic E-state index is -5.09. The smallest absolute Gasteiger partial charge is 0.354 e. The van der Waals surface area contributed by atoms with Crippen LogP contribution in [-0.4, -0.2) is 78.9 Å². The number of carbonyl (C=O) groups excluding carboxylic acids is 3. The summed E-state index contributed by atoms with van der Waals surface area (Å²) < 4.78 is 37.1. The largest absolute Gasteiger partial charge is 0.471 e. The molecule has 2 aliphatic rings. The first-order valence-electron chi connectivity index (χ1n) is 11.7. The predicted octanol–water partition coefficient (Wildman–Crippen LogP) is 2.53. The predicted molar refractivity (Wildman–Crippen MR) is 124 cm³/mol. The summed E-state index contributed by atoms with van der Waals surface area (Å²) in [5, 5.41) is 14.9. The van der Waals surface area contributed by atoms with Crippen molar-refractivity contribution in [2.75, 3.05) is 38.5 Å². The van der Waals surface area contributed by atoms with Crippen LogP contribution in [0.2, 0.25) is 0 Å². The lowest BCUT2D eigenvalue weighted by Gasteiger charge is -2.36. The van der Waals surface area contributed by atoms with Gasteiger partial charge in [-0.25, -0.2) is 4.79 Å². The molecule has 0 bridgehead atoms. The molecule has 2 aliphatic heterocycles. The normalized spacial score (nSPS) is 19.7. The number of anilines is 1. The lowest BCUT2D eigenvalue weighted by molar-refractivity contribution is -0.171. The van der Waals surface area contributed by atoms with Crippen LogP contribution in [0.25, 0.3) is 0 Å². The fourth-order valence-corrected chi connectivity index (χ4v) is 4.29. The number of halogens is 3. The Balaban J connectivity index is 1.53. The lowest BCUT2D eigenvalue weighted by atomic mass is 9.96. The molecule has 0 aromatic heterocycles. The third kappa shape index (κ3) is 7.41. The van der Waals surface area contributed by atoms with E-state index in [1.54, 1.807) is 4.90 Å². The molecule has 35 heavy (non-hydrogen) atoms. The molecule has 0 radical (unpaired) electrons. The third-order valence-electron chi connectivity index (χ3n) is 6.41. The van der Waals surface area contributed by atoms with Crippen molar-refractivity contribution in [2.24, 2.45) is 5.92 Å². The van der Waals surface area contributed by atoms with E-state index >= 15 is 0 Å². The molecule has 2 heterocycles. The second kappa shape index (κ2) is 11.5. The van der Waals surface area contributed by atoms with Gasteiger partial charge in [-0.2, -0.15) is 13.2 Å². The van der Waals surface area contributed by atoms with Crippen LogP contribution in [-0.2, 0) is 9.59 Å². The summed E-state index contributed by atoms with van der Waals surface area (Å²) in [5.41, 5.74) is 0.460. The Labute approximate surface area is 201 Å². The van der Waals surface area contributed by atoms with Gasteiger partial charge >= 0.3 is 18.1 Å². The molecule has 1 aromatic rings. The summed E-state index contributed by atoms with van der Waals surface area (Å²) in [6.07, 6.45) is -0.857. The molecule has 0 saturated carbocycles.